The van der Waals surface area contributed by atoms with Gasteiger partial charge in [0, 0.05) is 5.92 Å². The van der Waals surface area contributed by atoms with Crippen molar-refractivity contribution < 1.29 is 50.0 Å². The molecule has 0 aliphatic carbocycles. The van der Waals surface area contributed by atoms with Gasteiger partial charge in [-0.25, -0.2) is 0 Å². The molecule has 2 aliphatic heterocycles. The van der Waals surface area contributed by atoms with Crippen molar-refractivity contribution in [1.29, 1.82) is 0 Å². The second kappa shape index (κ2) is 7.66. The molecule has 0 aromatic heterocycles. The molecule has 0 spiro atoms. The second-order valence-corrected chi connectivity index (χ2v) is 5.90. The fraction of sp³-hybridized carbons (Fsp3) is 1.00. The zero-order valence-electron chi connectivity index (χ0n) is 12.5. The van der Waals surface area contributed by atoms with Gasteiger partial charge in [0.15, 0.2) is 12.6 Å². The normalized spacial score (nSPS) is 51.7. The predicted octanol–water partition coefficient (Wildman–Crippen LogP) is -4.12. The van der Waals surface area contributed by atoms with Gasteiger partial charge in [0.25, 0.3) is 0 Å². The summed E-state index contributed by atoms with van der Waals surface area (Å²) in [7, 11) is 0. The molecule has 136 valence electrons. The molecule has 2 rings (SSSR count). The molecule has 10 heteroatoms. The Hall–Kier alpha value is -0.400. The standard InChI is InChI=1S/C13H24O10/c1-4-7(16)8(17)5(2-14)21-12(4)23-13-11(20)10(19)9(18)6(3-15)22-13/h4-20H,2-3H2,1H3/t4-,5-,6-,7-,8-,9-,10?,11-,12-,13-/m1/s1. The van der Waals surface area contributed by atoms with Crippen molar-refractivity contribution >= 4 is 0 Å². The molecule has 2 saturated heterocycles. The number of aliphatic hydroxyl groups is 7. The van der Waals surface area contributed by atoms with E-state index < -0.39 is 74.4 Å². The minimum atomic E-state index is -1.61. The molecule has 23 heavy (non-hydrogen) atoms. The Morgan fingerprint density at radius 3 is 1.70 bits per heavy atom. The number of ether oxygens (including phenoxy) is 3. The maximum Gasteiger partial charge on any atom is 0.189 e. The minimum absolute atomic E-state index is 0.556. The molecule has 0 radical (unpaired) electrons. The summed E-state index contributed by atoms with van der Waals surface area (Å²) in [5.74, 6) is -0.722. The summed E-state index contributed by atoms with van der Waals surface area (Å²) in [5, 5.41) is 67.3. The highest BCUT2D eigenvalue weighted by molar-refractivity contribution is 4.91. The highest BCUT2D eigenvalue weighted by atomic mass is 16.8. The lowest BCUT2D eigenvalue weighted by molar-refractivity contribution is -0.369. The SMILES string of the molecule is C[C@H]1[C@@H](O[C@H]2O[C@H](CO)[C@@H](O)C(O)[C@H]2O)O[C@H](CO)[C@@H](O)[C@@H]1O. The van der Waals surface area contributed by atoms with Crippen LogP contribution < -0.4 is 0 Å². The Kier molecular flexibility index (Phi) is 6.30. The summed E-state index contributed by atoms with van der Waals surface area (Å²) in [6, 6.07) is 0. The van der Waals surface area contributed by atoms with E-state index in [0.29, 0.717) is 0 Å². The van der Waals surface area contributed by atoms with E-state index >= 15 is 0 Å². The molecule has 1 unspecified atom stereocenters. The average molecular weight is 340 g/mol. The van der Waals surface area contributed by atoms with Gasteiger partial charge in [0.1, 0.15) is 36.6 Å². The fourth-order valence-electron chi connectivity index (χ4n) is 2.69. The van der Waals surface area contributed by atoms with Gasteiger partial charge in [-0.05, 0) is 0 Å². The first-order valence-corrected chi connectivity index (χ1v) is 7.40. The molecule has 2 heterocycles. The molecule has 0 aromatic rings. The van der Waals surface area contributed by atoms with Crippen LogP contribution in [0.1, 0.15) is 6.92 Å². The van der Waals surface area contributed by atoms with Crippen molar-refractivity contribution in [2.24, 2.45) is 5.92 Å². The largest absolute Gasteiger partial charge is 0.394 e. The van der Waals surface area contributed by atoms with E-state index in [1.165, 1.54) is 6.92 Å². The third-order valence-corrected chi connectivity index (χ3v) is 4.30. The zero-order chi connectivity index (χ0) is 17.3. The van der Waals surface area contributed by atoms with Crippen LogP contribution in [0, 0.1) is 5.92 Å². The molecular formula is C13H24O10. The molecule has 10 nitrogen and oxygen atoms in total. The van der Waals surface area contributed by atoms with Gasteiger partial charge in [-0.3, -0.25) is 0 Å². The van der Waals surface area contributed by atoms with Crippen LogP contribution in [0.25, 0.3) is 0 Å². The smallest absolute Gasteiger partial charge is 0.189 e. The van der Waals surface area contributed by atoms with Crippen LogP contribution >= 0.6 is 0 Å². The van der Waals surface area contributed by atoms with E-state index in [9.17, 15) is 25.5 Å². The Morgan fingerprint density at radius 1 is 0.696 bits per heavy atom. The fourth-order valence-corrected chi connectivity index (χ4v) is 2.69. The summed E-state index contributed by atoms with van der Waals surface area (Å²) in [6.45, 7) is 0.363. The first-order chi connectivity index (χ1) is 10.8. The molecule has 0 bridgehead atoms. The van der Waals surface area contributed by atoms with Gasteiger partial charge in [0.05, 0.1) is 19.3 Å². The first kappa shape index (κ1) is 18.9. The van der Waals surface area contributed by atoms with E-state index in [4.69, 9.17) is 24.4 Å². The zero-order valence-corrected chi connectivity index (χ0v) is 12.5. The van der Waals surface area contributed by atoms with Gasteiger partial charge in [-0.1, -0.05) is 6.92 Å². The van der Waals surface area contributed by atoms with Crippen LogP contribution in [0.15, 0.2) is 0 Å². The highest BCUT2D eigenvalue weighted by Gasteiger charge is 2.48. The van der Waals surface area contributed by atoms with Crippen molar-refractivity contribution in [1.82, 2.24) is 0 Å². The second-order valence-electron chi connectivity index (χ2n) is 5.90. The topological polar surface area (TPSA) is 169 Å². The van der Waals surface area contributed by atoms with Crippen LogP contribution in [0.5, 0.6) is 0 Å². The summed E-state index contributed by atoms with van der Waals surface area (Å²) in [6.07, 6.45) is -12.1. The van der Waals surface area contributed by atoms with Crippen LogP contribution in [-0.2, 0) is 14.2 Å². The Morgan fingerprint density at radius 2 is 1.17 bits per heavy atom. The number of aliphatic hydroxyl groups excluding tert-OH is 7. The van der Waals surface area contributed by atoms with E-state index in [0.717, 1.165) is 0 Å². The van der Waals surface area contributed by atoms with E-state index in [-0.39, 0.29) is 0 Å². The van der Waals surface area contributed by atoms with E-state index in [2.05, 4.69) is 0 Å². The highest BCUT2D eigenvalue weighted by Crippen LogP contribution is 2.30. The van der Waals surface area contributed by atoms with Crippen molar-refractivity contribution in [3.63, 3.8) is 0 Å². The van der Waals surface area contributed by atoms with Gasteiger partial charge >= 0.3 is 0 Å². The summed E-state index contributed by atoms with van der Waals surface area (Å²) >= 11 is 0. The Bertz CT molecular complexity index is 344. The molecular weight excluding hydrogens is 316 g/mol. The van der Waals surface area contributed by atoms with Crippen molar-refractivity contribution in [2.75, 3.05) is 13.2 Å². The van der Waals surface area contributed by atoms with Crippen LogP contribution in [0.3, 0.4) is 0 Å². The summed E-state index contributed by atoms with van der Waals surface area (Å²) < 4.78 is 15.9. The van der Waals surface area contributed by atoms with Crippen LogP contribution in [-0.4, -0.2) is 104 Å². The molecule has 2 fully saturated rings. The molecule has 2 aliphatic rings. The number of hydrogen-bond acceptors (Lipinski definition) is 10. The third-order valence-electron chi connectivity index (χ3n) is 4.30. The predicted molar refractivity (Wildman–Crippen MR) is 71.8 cm³/mol. The number of rotatable bonds is 4. The van der Waals surface area contributed by atoms with Gasteiger partial charge in [-0.2, -0.15) is 0 Å². The van der Waals surface area contributed by atoms with E-state index in [1.807, 2.05) is 0 Å². The van der Waals surface area contributed by atoms with Crippen LogP contribution in [0.4, 0.5) is 0 Å². The molecule has 0 aromatic carbocycles. The summed E-state index contributed by atoms with van der Waals surface area (Å²) in [4.78, 5) is 0. The average Bonchev–Trinajstić information content (AvgIpc) is 2.55. The maximum absolute atomic E-state index is 9.95. The maximum atomic E-state index is 9.95. The van der Waals surface area contributed by atoms with Crippen LogP contribution in [0.2, 0.25) is 0 Å². The van der Waals surface area contributed by atoms with Gasteiger partial charge in [-0.15, -0.1) is 0 Å². The molecule has 10 atom stereocenters. The lowest BCUT2D eigenvalue weighted by Gasteiger charge is -2.45. The third kappa shape index (κ3) is 3.66. The molecule has 7 N–H and O–H groups in total. The minimum Gasteiger partial charge on any atom is -0.394 e. The van der Waals surface area contributed by atoms with Gasteiger partial charge < -0.3 is 50.0 Å². The summed E-state index contributed by atoms with van der Waals surface area (Å²) in [5.41, 5.74) is 0. The molecule has 0 amide bonds. The quantitative estimate of drug-likeness (QED) is 0.267. The van der Waals surface area contributed by atoms with Crippen molar-refractivity contribution in [2.45, 2.75) is 62.2 Å². The van der Waals surface area contributed by atoms with Crippen molar-refractivity contribution in [3.05, 3.63) is 0 Å². The molecule has 0 saturated carbocycles. The van der Waals surface area contributed by atoms with Crippen molar-refractivity contribution in [3.8, 4) is 0 Å². The lowest BCUT2D eigenvalue weighted by Crippen LogP contribution is -2.62. The Labute approximate surface area is 132 Å². The number of hydrogen-bond donors (Lipinski definition) is 7. The monoisotopic (exact) mass is 340 g/mol. The Balaban J connectivity index is 2.07. The first-order valence-electron chi connectivity index (χ1n) is 7.40. The lowest BCUT2D eigenvalue weighted by atomic mass is 9.92. The van der Waals surface area contributed by atoms with Gasteiger partial charge in [0.2, 0.25) is 0 Å². The van der Waals surface area contributed by atoms with E-state index in [1.54, 1.807) is 0 Å².